The summed E-state index contributed by atoms with van der Waals surface area (Å²) in [6, 6.07) is 8.48. The van der Waals surface area contributed by atoms with Crippen molar-refractivity contribution in [3.05, 3.63) is 40.4 Å². The van der Waals surface area contributed by atoms with Gasteiger partial charge in [0.05, 0.1) is 18.6 Å². The first-order chi connectivity index (χ1) is 12.7. The fraction of sp³-hybridized carbons (Fsp3) is 0.368. The van der Waals surface area contributed by atoms with Crippen LogP contribution in [0.1, 0.15) is 5.56 Å². The summed E-state index contributed by atoms with van der Waals surface area (Å²) in [5.74, 6) is 0.956. The van der Waals surface area contributed by atoms with Crippen LogP contribution in [-0.2, 0) is 4.74 Å². The van der Waals surface area contributed by atoms with E-state index in [1.165, 1.54) is 5.56 Å². The lowest BCUT2D eigenvalue weighted by Crippen LogP contribution is -2.37. The highest BCUT2D eigenvalue weighted by molar-refractivity contribution is 7.99. The Labute approximate surface area is 166 Å². The van der Waals surface area contributed by atoms with Crippen molar-refractivity contribution >= 4 is 44.9 Å². The Kier molecular flexibility index (Phi) is 5.76. The van der Waals surface area contributed by atoms with Crippen molar-refractivity contribution in [2.75, 3.05) is 38.6 Å². The number of thiophene rings is 1. The lowest BCUT2D eigenvalue weighted by atomic mass is 10.1. The molecular weight excluding hydrogens is 386 g/mol. The molecule has 0 saturated carbocycles. The van der Waals surface area contributed by atoms with E-state index in [9.17, 15) is 0 Å². The fourth-order valence-corrected chi connectivity index (χ4v) is 5.21. The van der Waals surface area contributed by atoms with E-state index < -0.39 is 0 Å². The molecule has 0 atom stereocenters. The number of nitrogens with zero attached hydrogens (tertiary/aromatic N) is 3. The van der Waals surface area contributed by atoms with Crippen LogP contribution in [0.4, 0.5) is 0 Å². The highest BCUT2D eigenvalue weighted by Gasteiger charge is 2.15. The van der Waals surface area contributed by atoms with Gasteiger partial charge in [-0.25, -0.2) is 9.97 Å². The lowest BCUT2D eigenvalue weighted by molar-refractivity contribution is 0.0410. The third-order valence-corrected chi connectivity index (χ3v) is 6.45. The normalized spacial score (nSPS) is 15.6. The third kappa shape index (κ3) is 4.05. The number of hydrogen-bond acceptors (Lipinski definition) is 6. The zero-order valence-electron chi connectivity index (χ0n) is 14.6. The SMILES string of the molecule is Cc1ccc(-c2csc3nc(SCCN4CCOCC4)nc(Cl)c23)cc1. The predicted octanol–water partition coefficient (Wildman–Crippen LogP) is 4.74. The zero-order valence-corrected chi connectivity index (χ0v) is 17.0. The van der Waals surface area contributed by atoms with Gasteiger partial charge in [-0.15, -0.1) is 11.3 Å². The summed E-state index contributed by atoms with van der Waals surface area (Å²) >= 11 is 9.83. The first-order valence-corrected chi connectivity index (χ1v) is 10.9. The summed E-state index contributed by atoms with van der Waals surface area (Å²) in [6.45, 7) is 6.78. The van der Waals surface area contributed by atoms with Crippen LogP contribution < -0.4 is 0 Å². The van der Waals surface area contributed by atoms with Gasteiger partial charge in [0, 0.05) is 36.3 Å². The molecule has 0 amide bonds. The molecule has 136 valence electrons. The largest absolute Gasteiger partial charge is 0.379 e. The van der Waals surface area contributed by atoms with Gasteiger partial charge in [0.25, 0.3) is 0 Å². The van der Waals surface area contributed by atoms with Crippen LogP contribution in [0, 0.1) is 6.92 Å². The standard InChI is InChI=1S/C19H20ClN3OS2/c1-13-2-4-14(5-3-13)15-12-26-18-16(15)17(20)21-19(22-18)25-11-8-23-6-9-24-10-7-23/h2-5,12H,6-11H2,1H3. The Morgan fingerprint density at radius 2 is 1.96 bits per heavy atom. The topological polar surface area (TPSA) is 38.2 Å². The number of rotatable bonds is 5. The quantitative estimate of drug-likeness (QED) is 0.348. The van der Waals surface area contributed by atoms with Gasteiger partial charge in [0.15, 0.2) is 5.16 Å². The number of aromatic nitrogens is 2. The van der Waals surface area contributed by atoms with Gasteiger partial charge in [-0.05, 0) is 12.5 Å². The summed E-state index contributed by atoms with van der Waals surface area (Å²) in [6.07, 6.45) is 0. The number of hydrogen-bond donors (Lipinski definition) is 0. The summed E-state index contributed by atoms with van der Waals surface area (Å²) in [5.41, 5.74) is 3.51. The number of morpholine rings is 1. The Balaban J connectivity index is 1.51. The molecular formula is C19H20ClN3OS2. The van der Waals surface area contributed by atoms with Crippen molar-refractivity contribution in [3.63, 3.8) is 0 Å². The fourth-order valence-electron chi connectivity index (χ4n) is 2.98. The van der Waals surface area contributed by atoms with Gasteiger partial charge in [-0.3, -0.25) is 4.90 Å². The molecule has 0 bridgehead atoms. The van der Waals surface area contributed by atoms with Gasteiger partial charge in [0.2, 0.25) is 0 Å². The van der Waals surface area contributed by atoms with E-state index in [1.54, 1.807) is 23.1 Å². The molecule has 1 aliphatic rings. The molecule has 2 aromatic heterocycles. The minimum absolute atomic E-state index is 0.542. The van der Waals surface area contributed by atoms with Crippen LogP contribution in [0.5, 0.6) is 0 Å². The van der Waals surface area contributed by atoms with Gasteiger partial charge in [-0.1, -0.05) is 53.2 Å². The van der Waals surface area contributed by atoms with Crippen molar-refractivity contribution in [3.8, 4) is 11.1 Å². The van der Waals surface area contributed by atoms with E-state index in [0.29, 0.717) is 5.15 Å². The molecule has 0 unspecified atom stereocenters. The summed E-state index contributed by atoms with van der Waals surface area (Å²) in [5, 5.41) is 4.38. The highest BCUT2D eigenvalue weighted by Crippen LogP contribution is 2.37. The van der Waals surface area contributed by atoms with Gasteiger partial charge in [0.1, 0.15) is 9.98 Å². The van der Waals surface area contributed by atoms with Crippen LogP contribution in [0.2, 0.25) is 5.15 Å². The second-order valence-corrected chi connectivity index (χ2v) is 8.57. The van der Waals surface area contributed by atoms with E-state index in [2.05, 4.69) is 46.5 Å². The van der Waals surface area contributed by atoms with Crippen molar-refractivity contribution in [1.82, 2.24) is 14.9 Å². The minimum Gasteiger partial charge on any atom is -0.379 e. The first-order valence-electron chi connectivity index (χ1n) is 8.65. The third-order valence-electron chi connectivity index (χ3n) is 4.47. The van der Waals surface area contributed by atoms with Crippen LogP contribution >= 0.6 is 34.7 Å². The van der Waals surface area contributed by atoms with Crippen molar-refractivity contribution in [2.24, 2.45) is 0 Å². The molecule has 3 heterocycles. The maximum atomic E-state index is 6.53. The molecule has 1 aliphatic heterocycles. The Morgan fingerprint density at radius 1 is 1.19 bits per heavy atom. The molecule has 0 radical (unpaired) electrons. The Hall–Kier alpha value is -1.18. The molecule has 0 aliphatic carbocycles. The number of aryl methyl sites for hydroxylation is 1. The van der Waals surface area contributed by atoms with Crippen molar-refractivity contribution in [1.29, 1.82) is 0 Å². The average molecular weight is 406 g/mol. The molecule has 26 heavy (non-hydrogen) atoms. The maximum absolute atomic E-state index is 6.53. The predicted molar refractivity (Wildman–Crippen MR) is 111 cm³/mol. The summed E-state index contributed by atoms with van der Waals surface area (Å²) in [4.78, 5) is 12.6. The molecule has 7 heteroatoms. The smallest absolute Gasteiger partial charge is 0.190 e. The Morgan fingerprint density at radius 3 is 2.73 bits per heavy atom. The van der Waals surface area contributed by atoms with Gasteiger partial charge in [-0.2, -0.15) is 0 Å². The number of fused-ring (bicyclic) bond motifs is 1. The zero-order chi connectivity index (χ0) is 17.9. The van der Waals surface area contributed by atoms with Crippen molar-refractivity contribution in [2.45, 2.75) is 12.1 Å². The molecule has 4 rings (SSSR count). The molecule has 4 nitrogen and oxygen atoms in total. The van der Waals surface area contributed by atoms with Crippen LogP contribution in [-0.4, -0.2) is 53.5 Å². The molecule has 3 aromatic rings. The van der Waals surface area contributed by atoms with E-state index >= 15 is 0 Å². The van der Waals surface area contributed by atoms with E-state index in [1.807, 2.05) is 0 Å². The first kappa shape index (κ1) is 18.2. The van der Waals surface area contributed by atoms with E-state index in [0.717, 1.165) is 65.1 Å². The highest BCUT2D eigenvalue weighted by atomic mass is 35.5. The van der Waals surface area contributed by atoms with Gasteiger partial charge >= 0.3 is 0 Å². The van der Waals surface area contributed by atoms with Gasteiger partial charge < -0.3 is 4.74 Å². The molecule has 0 N–H and O–H groups in total. The Bertz CT molecular complexity index is 892. The number of halogens is 1. The molecule has 1 saturated heterocycles. The van der Waals surface area contributed by atoms with Crippen LogP contribution in [0.3, 0.4) is 0 Å². The second kappa shape index (κ2) is 8.23. The molecule has 0 spiro atoms. The summed E-state index contributed by atoms with van der Waals surface area (Å²) < 4.78 is 5.38. The van der Waals surface area contributed by atoms with Crippen LogP contribution in [0.25, 0.3) is 21.3 Å². The second-order valence-electron chi connectivity index (χ2n) is 6.30. The molecule has 1 aromatic carbocycles. The average Bonchev–Trinajstić information content (AvgIpc) is 3.08. The number of thioether (sulfide) groups is 1. The lowest BCUT2D eigenvalue weighted by Gasteiger charge is -2.26. The van der Waals surface area contributed by atoms with E-state index in [-0.39, 0.29) is 0 Å². The minimum atomic E-state index is 0.542. The number of ether oxygens (including phenoxy) is 1. The maximum Gasteiger partial charge on any atom is 0.190 e. The van der Waals surface area contributed by atoms with Crippen molar-refractivity contribution < 1.29 is 4.74 Å². The molecule has 1 fully saturated rings. The summed E-state index contributed by atoms with van der Waals surface area (Å²) in [7, 11) is 0. The van der Waals surface area contributed by atoms with E-state index in [4.69, 9.17) is 21.3 Å². The monoisotopic (exact) mass is 405 g/mol. The number of benzene rings is 1. The van der Waals surface area contributed by atoms with Crippen LogP contribution in [0.15, 0.2) is 34.8 Å².